The van der Waals surface area contributed by atoms with Gasteiger partial charge >= 0.3 is 6.18 Å². The van der Waals surface area contributed by atoms with Gasteiger partial charge in [0.25, 0.3) is 0 Å². The largest absolute Gasteiger partial charge is 0.413 e. The van der Waals surface area contributed by atoms with E-state index in [1.807, 2.05) is 0 Å². The third-order valence-electron chi connectivity index (χ3n) is 3.01. The molecule has 5 nitrogen and oxygen atoms in total. The van der Waals surface area contributed by atoms with Crippen LogP contribution in [0.5, 0.6) is 0 Å². The molecule has 0 N–H and O–H groups in total. The van der Waals surface area contributed by atoms with Gasteiger partial charge in [-0.2, -0.15) is 17.6 Å². The first-order chi connectivity index (χ1) is 9.06. The number of halogens is 3. The first kappa shape index (κ1) is 15.1. The van der Waals surface area contributed by atoms with Gasteiger partial charge in [-0.25, -0.2) is 8.89 Å². The van der Waals surface area contributed by atoms with E-state index in [1.165, 1.54) is 12.4 Å². The number of rotatable bonds is 3. The SMILES string of the molecule is CC(C)(C)S(=O)N=Cc1cn(C2(C(F)(F)F)CC2)nn1. The predicted octanol–water partition coefficient (Wildman–Crippen LogP) is 2.21. The van der Waals surface area contributed by atoms with Crippen LogP contribution in [0, 0.1) is 0 Å². The molecule has 0 amide bonds. The van der Waals surface area contributed by atoms with Crippen molar-refractivity contribution < 1.29 is 17.4 Å². The molecule has 1 fully saturated rings. The average Bonchev–Trinajstić information content (AvgIpc) is 2.99. The van der Waals surface area contributed by atoms with Gasteiger partial charge < -0.3 is 0 Å². The zero-order chi connectivity index (χ0) is 15.2. The van der Waals surface area contributed by atoms with E-state index in [0.717, 1.165) is 4.68 Å². The van der Waals surface area contributed by atoms with E-state index in [4.69, 9.17) is 0 Å². The second-order valence-electron chi connectivity index (χ2n) is 5.71. The Kier molecular flexibility index (Phi) is 3.52. The summed E-state index contributed by atoms with van der Waals surface area (Å²) >= 11 is 0. The van der Waals surface area contributed by atoms with Gasteiger partial charge in [0.05, 0.1) is 17.2 Å². The van der Waals surface area contributed by atoms with Gasteiger partial charge in [0, 0.05) is 0 Å². The van der Waals surface area contributed by atoms with Gasteiger partial charge in [0.15, 0.2) is 5.54 Å². The predicted molar refractivity (Wildman–Crippen MR) is 68.8 cm³/mol. The molecule has 1 unspecified atom stereocenters. The standard InChI is InChI=1S/C11H15F3N4OS/c1-9(2,3)20(19)15-6-8-7-18(17-16-8)10(4-5-10)11(12,13)14/h6-7H,4-5H2,1-3H3. The summed E-state index contributed by atoms with van der Waals surface area (Å²) < 4.78 is 54.5. The topological polar surface area (TPSA) is 60.1 Å². The fraction of sp³-hybridized carbons (Fsp3) is 0.727. The molecule has 20 heavy (non-hydrogen) atoms. The minimum atomic E-state index is -4.34. The van der Waals surface area contributed by atoms with Crippen LogP contribution in [-0.4, -0.2) is 36.3 Å². The second kappa shape index (κ2) is 4.64. The fourth-order valence-electron chi connectivity index (χ4n) is 1.57. The molecule has 0 bridgehead atoms. The molecular weight excluding hydrogens is 293 g/mol. The Balaban J connectivity index is 2.15. The number of nitrogens with zero attached hydrogens (tertiary/aromatic N) is 4. The molecule has 1 heterocycles. The summed E-state index contributed by atoms with van der Waals surface area (Å²) in [6, 6.07) is 0. The normalized spacial score (nSPS) is 20.3. The first-order valence-corrected chi connectivity index (χ1v) is 7.13. The molecule has 1 aromatic heterocycles. The lowest BCUT2D eigenvalue weighted by Gasteiger charge is -2.18. The van der Waals surface area contributed by atoms with E-state index in [-0.39, 0.29) is 18.5 Å². The van der Waals surface area contributed by atoms with Crippen molar-refractivity contribution in [1.82, 2.24) is 15.0 Å². The fourth-order valence-corrected chi connectivity index (χ4v) is 2.09. The van der Waals surface area contributed by atoms with Crippen LogP contribution in [-0.2, 0) is 16.5 Å². The van der Waals surface area contributed by atoms with E-state index in [0.29, 0.717) is 0 Å². The molecule has 0 aliphatic heterocycles. The maximum Gasteiger partial charge on any atom is 0.413 e. The van der Waals surface area contributed by atoms with Crippen molar-refractivity contribution in [2.24, 2.45) is 4.40 Å². The third kappa shape index (κ3) is 2.77. The lowest BCUT2D eigenvalue weighted by atomic mass is 10.2. The molecule has 2 rings (SSSR count). The van der Waals surface area contributed by atoms with Crippen LogP contribution in [0.2, 0.25) is 0 Å². The van der Waals surface area contributed by atoms with E-state index in [2.05, 4.69) is 14.7 Å². The zero-order valence-corrected chi connectivity index (χ0v) is 12.1. The monoisotopic (exact) mass is 308 g/mol. The zero-order valence-electron chi connectivity index (χ0n) is 11.3. The third-order valence-corrected chi connectivity index (χ3v) is 4.35. The molecule has 1 aliphatic rings. The molecule has 0 spiro atoms. The summed E-state index contributed by atoms with van der Waals surface area (Å²) in [5.41, 5.74) is -1.76. The van der Waals surface area contributed by atoms with Crippen molar-refractivity contribution in [2.75, 3.05) is 0 Å². The van der Waals surface area contributed by atoms with E-state index in [1.54, 1.807) is 20.8 Å². The van der Waals surface area contributed by atoms with E-state index < -0.39 is 27.4 Å². The minimum absolute atomic E-state index is 0.00433. The summed E-state index contributed by atoms with van der Waals surface area (Å²) in [6.45, 7) is 5.25. The molecule has 0 radical (unpaired) electrons. The second-order valence-corrected chi connectivity index (χ2v) is 7.65. The van der Waals surface area contributed by atoms with Gasteiger partial charge in [0.1, 0.15) is 16.7 Å². The van der Waals surface area contributed by atoms with Gasteiger partial charge in [-0.3, -0.25) is 0 Å². The van der Waals surface area contributed by atoms with Crippen LogP contribution >= 0.6 is 0 Å². The lowest BCUT2D eigenvalue weighted by molar-refractivity contribution is -0.182. The Morgan fingerprint density at radius 1 is 1.40 bits per heavy atom. The van der Waals surface area contributed by atoms with Gasteiger partial charge in [-0.15, -0.1) is 5.10 Å². The Bertz CT molecular complexity index is 555. The highest BCUT2D eigenvalue weighted by Gasteiger charge is 2.65. The number of alkyl halides is 3. The molecule has 0 saturated heterocycles. The van der Waals surface area contributed by atoms with Crippen molar-refractivity contribution in [1.29, 1.82) is 0 Å². The average molecular weight is 308 g/mol. The van der Waals surface area contributed by atoms with Crippen molar-refractivity contribution in [3.63, 3.8) is 0 Å². The Hall–Kier alpha value is -1.25. The highest BCUT2D eigenvalue weighted by atomic mass is 32.2. The Labute approximate surface area is 116 Å². The molecular formula is C11H15F3N4OS. The smallest absolute Gasteiger partial charge is 0.237 e. The number of hydrogen-bond donors (Lipinski definition) is 0. The molecule has 9 heteroatoms. The summed E-state index contributed by atoms with van der Waals surface area (Å²) in [7, 11) is -1.48. The Morgan fingerprint density at radius 2 is 2.00 bits per heavy atom. The van der Waals surface area contributed by atoms with Crippen molar-refractivity contribution in [3.8, 4) is 0 Å². The molecule has 0 aromatic carbocycles. The number of hydrogen-bond acceptors (Lipinski definition) is 3. The highest BCUT2D eigenvalue weighted by molar-refractivity contribution is 7.85. The maximum absolute atomic E-state index is 12.9. The molecule has 112 valence electrons. The van der Waals surface area contributed by atoms with Crippen LogP contribution in [0.1, 0.15) is 39.3 Å². The van der Waals surface area contributed by atoms with Crippen LogP contribution < -0.4 is 0 Å². The summed E-state index contributed by atoms with van der Waals surface area (Å²) in [5, 5.41) is 7.13. The van der Waals surface area contributed by atoms with Crippen molar-refractivity contribution in [3.05, 3.63) is 11.9 Å². The van der Waals surface area contributed by atoms with E-state index in [9.17, 15) is 17.4 Å². The number of aromatic nitrogens is 3. The molecule has 1 atom stereocenters. The minimum Gasteiger partial charge on any atom is -0.237 e. The van der Waals surface area contributed by atoms with Crippen molar-refractivity contribution >= 4 is 17.2 Å². The van der Waals surface area contributed by atoms with Crippen LogP contribution in [0.3, 0.4) is 0 Å². The van der Waals surface area contributed by atoms with Crippen LogP contribution in [0.4, 0.5) is 13.2 Å². The van der Waals surface area contributed by atoms with Gasteiger partial charge in [-0.05, 0) is 33.6 Å². The quantitative estimate of drug-likeness (QED) is 0.804. The van der Waals surface area contributed by atoms with E-state index >= 15 is 0 Å². The first-order valence-electron chi connectivity index (χ1n) is 6.02. The lowest BCUT2D eigenvalue weighted by Crippen LogP contribution is -2.35. The summed E-state index contributed by atoms with van der Waals surface area (Å²) in [5.74, 6) is 0. The van der Waals surface area contributed by atoms with Crippen molar-refractivity contribution in [2.45, 2.75) is 50.1 Å². The van der Waals surface area contributed by atoms with Gasteiger partial charge in [-0.1, -0.05) is 5.21 Å². The summed E-state index contributed by atoms with van der Waals surface area (Å²) in [4.78, 5) is 0. The Morgan fingerprint density at radius 3 is 2.45 bits per heavy atom. The molecule has 1 aliphatic carbocycles. The van der Waals surface area contributed by atoms with Crippen LogP contribution in [0.25, 0.3) is 0 Å². The maximum atomic E-state index is 12.9. The van der Waals surface area contributed by atoms with Gasteiger partial charge in [0.2, 0.25) is 0 Å². The highest BCUT2D eigenvalue weighted by Crippen LogP contribution is 2.54. The van der Waals surface area contributed by atoms with Crippen LogP contribution in [0.15, 0.2) is 10.6 Å². The molecule has 1 saturated carbocycles. The molecule has 1 aromatic rings. The summed E-state index contributed by atoms with van der Waals surface area (Å²) in [6.07, 6.45) is -1.96.